The van der Waals surface area contributed by atoms with Gasteiger partial charge >= 0.3 is 11.9 Å². The number of benzene rings is 3. The van der Waals surface area contributed by atoms with Crippen LogP contribution in [0.5, 0.6) is 17.2 Å². The molecule has 0 unspecified atom stereocenters. The van der Waals surface area contributed by atoms with E-state index in [4.69, 9.17) is 28.4 Å². The lowest BCUT2D eigenvalue weighted by molar-refractivity contribution is -0.139. The molecule has 0 bridgehead atoms. The van der Waals surface area contributed by atoms with Crippen molar-refractivity contribution < 1.29 is 38.0 Å². The Morgan fingerprint density at radius 2 is 1.19 bits per heavy atom. The third-order valence-corrected chi connectivity index (χ3v) is 5.09. The molecule has 3 rings (SSSR count). The highest BCUT2D eigenvalue weighted by atomic mass is 16.6. The van der Waals surface area contributed by atoms with Crippen LogP contribution in [0.15, 0.2) is 85.5 Å². The molecule has 0 saturated carbocycles. The molecular weight excluding hydrogens is 476 g/mol. The molecule has 0 aliphatic heterocycles. The second kappa shape index (κ2) is 15.1. The average Bonchev–Trinajstić information content (AvgIpc) is 2.94. The first-order chi connectivity index (χ1) is 18.1. The SMILES string of the molecule is C=CC(=O)OCCOCCOCCOc1ccc(C(=O)Oc2ccc(-c3ccc(OC)cc3)cc2)cc1. The summed E-state index contributed by atoms with van der Waals surface area (Å²) in [5.74, 6) is 0.943. The molecule has 3 aromatic carbocycles. The van der Waals surface area contributed by atoms with Crippen LogP contribution in [0.1, 0.15) is 10.4 Å². The maximum Gasteiger partial charge on any atom is 0.343 e. The number of hydrogen-bond acceptors (Lipinski definition) is 8. The Labute approximate surface area is 216 Å². The fourth-order valence-corrected chi connectivity index (χ4v) is 3.15. The minimum atomic E-state index is -0.474. The van der Waals surface area contributed by atoms with E-state index in [-0.39, 0.29) is 6.61 Å². The van der Waals surface area contributed by atoms with Crippen molar-refractivity contribution in [3.8, 4) is 28.4 Å². The summed E-state index contributed by atoms with van der Waals surface area (Å²) in [5, 5.41) is 0. The molecule has 0 N–H and O–H groups in total. The number of methoxy groups -OCH3 is 1. The van der Waals surface area contributed by atoms with E-state index < -0.39 is 11.9 Å². The van der Waals surface area contributed by atoms with Gasteiger partial charge < -0.3 is 28.4 Å². The standard InChI is InChI=1S/C29H30O8/c1-3-28(30)36-21-19-34-17-16-33-18-20-35-26-12-8-24(9-13-26)29(31)37-27-14-6-23(7-15-27)22-4-10-25(32-2)11-5-22/h3-15H,1,16-21H2,2H3. The van der Waals surface area contributed by atoms with E-state index in [0.29, 0.717) is 50.1 Å². The van der Waals surface area contributed by atoms with Crippen molar-refractivity contribution in [3.63, 3.8) is 0 Å². The number of carbonyl (C=O) groups excluding carboxylic acids is 2. The van der Waals surface area contributed by atoms with Crippen LogP contribution < -0.4 is 14.2 Å². The van der Waals surface area contributed by atoms with Crippen LogP contribution in [-0.2, 0) is 19.0 Å². The van der Waals surface area contributed by atoms with Gasteiger partial charge in [0.2, 0.25) is 0 Å². The molecule has 0 saturated heterocycles. The molecule has 0 amide bonds. The van der Waals surface area contributed by atoms with Crippen molar-refractivity contribution in [3.05, 3.63) is 91.0 Å². The van der Waals surface area contributed by atoms with E-state index in [1.54, 1.807) is 43.5 Å². The van der Waals surface area contributed by atoms with E-state index in [2.05, 4.69) is 6.58 Å². The lowest BCUT2D eigenvalue weighted by Gasteiger charge is -2.09. The summed E-state index contributed by atoms with van der Waals surface area (Å²) < 4.78 is 31.8. The summed E-state index contributed by atoms with van der Waals surface area (Å²) in [4.78, 5) is 23.4. The zero-order valence-corrected chi connectivity index (χ0v) is 20.7. The summed E-state index contributed by atoms with van der Waals surface area (Å²) in [7, 11) is 1.63. The molecule has 194 valence electrons. The summed E-state index contributed by atoms with van der Waals surface area (Å²) in [6.45, 7) is 5.28. The molecule has 0 fully saturated rings. The third kappa shape index (κ3) is 9.44. The summed E-state index contributed by atoms with van der Waals surface area (Å²) in [6, 6.07) is 21.8. The van der Waals surface area contributed by atoms with Crippen LogP contribution in [0, 0.1) is 0 Å². The summed E-state index contributed by atoms with van der Waals surface area (Å²) in [5.41, 5.74) is 2.46. The van der Waals surface area contributed by atoms with Crippen molar-refractivity contribution in [2.45, 2.75) is 0 Å². The van der Waals surface area contributed by atoms with Gasteiger partial charge in [-0.15, -0.1) is 0 Å². The van der Waals surface area contributed by atoms with E-state index >= 15 is 0 Å². The Hall–Kier alpha value is -4.14. The quantitative estimate of drug-likeness (QED) is 0.127. The number of esters is 2. The highest BCUT2D eigenvalue weighted by Crippen LogP contribution is 2.25. The van der Waals surface area contributed by atoms with Crippen LogP contribution in [0.2, 0.25) is 0 Å². The Bertz CT molecular complexity index is 1120. The largest absolute Gasteiger partial charge is 0.497 e. The minimum absolute atomic E-state index is 0.175. The average molecular weight is 507 g/mol. The van der Waals surface area contributed by atoms with Crippen LogP contribution in [0.25, 0.3) is 11.1 Å². The first kappa shape index (κ1) is 27.4. The maximum atomic E-state index is 12.5. The number of ether oxygens (including phenoxy) is 6. The van der Waals surface area contributed by atoms with Crippen molar-refractivity contribution in [1.29, 1.82) is 0 Å². The number of rotatable bonds is 15. The zero-order chi connectivity index (χ0) is 26.3. The monoisotopic (exact) mass is 506 g/mol. The molecule has 0 spiro atoms. The molecule has 0 aromatic heterocycles. The molecule has 0 aliphatic rings. The molecule has 0 atom stereocenters. The Kier molecular flexibility index (Phi) is 11.2. The number of carbonyl (C=O) groups is 2. The first-order valence-electron chi connectivity index (χ1n) is 11.7. The highest BCUT2D eigenvalue weighted by Gasteiger charge is 2.09. The predicted molar refractivity (Wildman–Crippen MR) is 138 cm³/mol. The molecule has 37 heavy (non-hydrogen) atoms. The van der Waals surface area contributed by atoms with Gasteiger partial charge in [-0.3, -0.25) is 0 Å². The lowest BCUT2D eigenvalue weighted by atomic mass is 10.1. The molecule has 8 nitrogen and oxygen atoms in total. The summed E-state index contributed by atoms with van der Waals surface area (Å²) >= 11 is 0. The van der Waals surface area contributed by atoms with Crippen LogP contribution in [0.3, 0.4) is 0 Å². The van der Waals surface area contributed by atoms with E-state index in [1.807, 2.05) is 36.4 Å². The molecule has 0 heterocycles. The van der Waals surface area contributed by atoms with Gasteiger partial charge in [0.1, 0.15) is 30.5 Å². The molecule has 3 aromatic rings. The van der Waals surface area contributed by atoms with Gasteiger partial charge in [-0.05, 0) is 59.7 Å². The molecule has 0 aliphatic carbocycles. The van der Waals surface area contributed by atoms with Gasteiger partial charge in [-0.25, -0.2) is 9.59 Å². The topological polar surface area (TPSA) is 89.5 Å². The van der Waals surface area contributed by atoms with Crippen LogP contribution in [0.4, 0.5) is 0 Å². The maximum absolute atomic E-state index is 12.5. The van der Waals surface area contributed by atoms with Gasteiger partial charge in [0.25, 0.3) is 0 Å². The Balaban J connectivity index is 1.33. The fraction of sp³-hybridized carbons (Fsp3) is 0.241. The zero-order valence-electron chi connectivity index (χ0n) is 20.7. The first-order valence-corrected chi connectivity index (χ1v) is 11.7. The number of hydrogen-bond donors (Lipinski definition) is 0. The lowest BCUT2D eigenvalue weighted by Crippen LogP contribution is -2.13. The van der Waals surface area contributed by atoms with Gasteiger partial charge in [0.05, 0.1) is 39.1 Å². The Morgan fingerprint density at radius 1 is 0.676 bits per heavy atom. The van der Waals surface area contributed by atoms with Gasteiger partial charge in [0, 0.05) is 6.08 Å². The smallest absolute Gasteiger partial charge is 0.343 e. The van der Waals surface area contributed by atoms with Crippen LogP contribution in [-0.4, -0.2) is 58.7 Å². The van der Waals surface area contributed by atoms with Gasteiger partial charge in [-0.2, -0.15) is 0 Å². The summed E-state index contributed by atoms with van der Waals surface area (Å²) in [6.07, 6.45) is 1.10. The van der Waals surface area contributed by atoms with E-state index in [1.165, 1.54) is 0 Å². The fourth-order valence-electron chi connectivity index (χ4n) is 3.15. The molecular formula is C29H30O8. The molecule has 0 radical (unpaired) electrons. The second-order valence-electron chi connectivity index (χ2n) is 7.61. The third-order valence-electron chi connectivity index (χ3n) is 5.09. The van der Waals surface area contributed by atoms with Crippen molar-refractivity contribution >= 4 is 11.9 Å². The minimum Gasteiger partial charge on any atom is -0.497 e. The van der Waals surface area contributed by atoms with Crippen molar-refractivity contribution in [1.82, 2.24) is 0 Å². The van der Waals surface area contributed by atoms with Crippen LogP contribution >= 0.6 is 0 Å². The van der Waals surface area contributed by atoms with Crippen molar-refractivity contribution in [2.75, 3.05) is 46.8 Å². The van der Waals surface area contributed by atoms with E-state index in [0.717, 1.165) is 23.0 Å². The Morgan fingerprint density at radius 3 is 1.76 bits per heavy atom. The van der Waals surface area contributed by atoms with E-state index in [9.17, 15) is 9.59 Å². The van der Waals surface area contributed by atoms with Gasteiger partial charge in [-0.1, -0.05) is 30.8 Å². The van der Waals surface area contributed by atoms with Crippen molar-refractivity contribution in [2.24, 2.45) is 0 Å². The van der Waals surface area contributed by atoms with Gasteiger partial charge in [0.15, 0.2) is 0 Å². The highest BCUT2D eigenvalue weighted by molar-refractivity contribution is 5.91. The normalized spacial score (nSPS) is 10.4. The predicted octanol–water partition coefficient (Wildman–Crippen LogP) is 4.72. The molecule has 8 heteroatoms. The second-order valence-corrected chi connectivity index (χ2v) is 7.61.